The summed E-state index contributed by atoms with van der Waals surface area (Å²) in [6.45, 7) is 10.6. The maximum atomic E-state index is 12.7. The third kappa shape index (κ3) is 5.63. The Labute approximate surface area is 244 Å². The number of nitrogens with one attached hydrogen (secondary N) is 1. The van der Waals surface area contributed by atoms with Crippen molar-refractivity contribution in [3.8, 4) is 5.75 Å². The Bertz CT molecular complexity index is 1250. The first-order chi connectivity index (χ1) is 19.2. The lowest BCUT2D eigenvalue weighted by molar-refractivity contribution is -0.169. The van der Waals surface area contributed by atoms with Gasteiger partial charge in [0.2, 0.25) is 0 Å². The van der Waals surface area contributed by atoms with Crippen LogP contribution in [-0.2, 0) is 19.6 Å². The SMILES string of the molecule is CC(C)Oc1ccc(S(=O)(=O)NC(=O)OC[C@@H](C)[C@H]2CC[C@H]3[C@@H]4[C@H](O)C[C@@H]5CC(=O)CC[C@]5(C)[C@H]4CC[C@]23C)nc1. The molecule has 0 aliphatic heterocycles. The molecule has 228 valence electrons. The second kappa shape index (κ2) is 11.1. The number of carbonyl (C=O) groups is 2. The summed E-state index contributed by atoms with van der Waals surface area (Å²) in [5.41, 5.74) is 0.136. The van der Waals surface area contributed by atoms with Crippen LogP contribution in [0.15, 0.2) is 23.4 Å². The lowest BCUT2D eigenvalue weighted by Gasteiger charge is -2.61. The fraction of sp³-hybridized carbons (Fsp3) is 0.774. The van der Waals surface area contributed by atoms with Crippen LogP contribution in [-0.4, -0.2) is 49.2 Å². The van der Waals surface area contributed by atoms with Crippen molar-refractivity contribution < 1.29 is 32.6 Å². The molecule has 0 bridgehead atoms. The molecule has 4 fully saturated rings. The van der Waals surface area contributed by atoms with E-state index in [2.05, 4.69) is 25.8 Å². The van der Waals surface area contributed by atoms with Gasteiger partial charge in [-0.05, 0) is 111 Å². The number of hydrogen-bond acceptors (Lipinski definition) is 8. The van der Waals surface area contributed by atoms with Gasteiger partial charge < -0.3 is 14.6 Å². The molecule has 0 unspecified atom stereocenters. The first-order valence-electron chi connectivity index (χ1n) is 15.3. The van der Waals surface area contributed by atoms with E-state index < -0.39 is 16.1 Å². The minimum Gasteiger partial charge on any atom is -0.489 e. The van der Waals surface area contributed by atoms with Crippen molar-refractivity contribution in [3.05, 3.63) is 18.3 Å². The van der Waals surface area contributed by atoms with Crippen LogP contribution in [0, 0.1) is 46.3 Å². The molecule has 10 heteroatoms. The van der Waals surface area contributed by atoms with Gasteiger partial charge in [-0.15, -0.1) is 0 Å². The number of aliphatic hydroxyl groups excluding tert-OH is 1. The molecule has 0 aromatic carbocycles. The highest BCUT2D eigenvalue weighted by molar-refractivity contribution is 7.90. The van der Waals surface area contributed by atoms with Crippen molar-refractivity contribution in [1.29, 1.82) is 0 Å². The van der Waals surface area contributed by atoms with Crippen LogP contribution in [0.2, 0.25) is 0 Å². The number of ether oxygens (including phenoxy) is 2. The number of nitrogens with zero attached hydrogens (tertiary/aromatic N) is 1. The Morgan fingerprint density at radius 2 is 1.85 bits per heavy atom. The van der Waals surface area contributed by atoms with E-state index in [1.807, 2.05) is 18.6 Å². The summed E-state index contributed by atoms with van der Waals surface area (Å²) >= 11 is 0. The average molecular weight is 591 g/mol. The molecule has 9 nitrogen and oxygen atoms in total. The Morgan fingerprint density at radius 1 is 1.12 bits per heavy atom. The number of fused-ring (bicyclic) bond motifs is 5. The number of rotatable bonds is 7. The molecule has 0 radical (unpaired) electrons. The summed E-state index contributed by atoms with van der Waals surface area (Å²) in [4.78, 5) is 28.7. The van der Waals surface area contributed by atoms with Crippen molar-refractivity contribution in [3.63, 3.8) is 0 Å². The standard InChI is InChI=1S/C31H46N2O7S/c1-18(2)40-22-6-9-27(32-16-22)41(37,38)33-29(36)39-17-19(3)23-7-8-24-28-25(11-13-31(23,24)5)30(4)12-10-21(34)14-20(30)15-26(28)35/h6,9,16,18-20,23-26,28,35H,7-8,10-15,17H2,1-5H3,(H,33,36)/t19-,20+,23-,24+,25+,26-,28+,30+,31-/m1/s1. The summed E-state index contributed by atoms with van der Waals surface area (Å²) in [6, 6.07) is 2.79. The first-order valence-corrected chi connectivity index (χ1v) is 16.7. The number of carbonyl (C=O) groups excluding carboxylic acids is 2. The molecule has 1 aromatic rings. The monoisotopic (exact) mass is 590 g/mol. The van der Waals surface area contributed by atoms with Gasteiger partial charge in [0.15, 0.2) is 5.03 Å². The Hall–Kier alpha value is -2.20. The van der Waals surface area contributed by atoms with E-state index in [0.29, 0.717) is 42.1 Å². The molecule has 1 heterocycles. The molecule has 4 saturated carbocycles. The fourth-order valence-corrected chi connectivity index (χ4v) is 10.2. The van der Waals surface area contributed by atoms with Gasteiger partial charge in [-0.2, -0.15) is 8.42 Å². The molecule has 9 atom stereocenters. The van der Waals surface area contributed by atoms with Gasteiger partial charge in [-0.3, -0.25) is 4.79 Å². The average Bonchev–Trinajstić information content (AvgIpc) is 3.25. The molecule has 0 spiro atoms. The number of sulfonamides is 1. The minimum absolute atomic E-state index is 0.0187. The summed E-state index contributed by atoms with van der Waals surface area (Å²) in [5.74, 6) is 2.47. The summed E-state index contributed by atoms with van der Waals surface area (Å²) in [6.07, 6.45) is 6.90. The third-order valence-electron chi connectivity index (χ3n) is 11.3. The van der Waals surface area contributed by atoms with E-state index >= 15 is 0 Å². The van der Waals surface area contributed by atoms with E-state index in [1.165, 1.54) is 18.3 Å². The number of Topliss-reactive ketones (excluding diaryl/α,β-unsaturated/α-hetero) is 1. The van der Waals surface area contributed by atoms with Gasteiger partial charge in [-0.25, -0.2) is 14.5 Å². The van der Waals surface area contributed by atoms with E-state index in [9.17, 15) is 23.1 Å². The van der Waals surface area contributed by atoms with Crippen LogP contribution in [0.4, 0.5) is 4.79 Å². The quantitative estimate of drug-likeness (QED) is 0.447. The molecule has 1 amide bonds. The highest BCUT2D eigenvalue weighted by atomic mass is 32.2. The first kappa shape index (κ1) is 30.3. The second-order valence-electron chi connectivity index (χ2n) is 13.9. The zero-order valence-electron chi connectivity index (χ0n) is 25.0. The van der Waals surface area contributed by atoms with Crippen LogP contribution in [0.25, 0.3) is 0 Å². The number of hydrogen-bond donors (Lipinski definition) is 2. The zero-order chi connectivity index (χ0) is 29.7. The summed E-state index contributed by atoms with van der Waals surface area (Å²) in [5, 5.41) is 11.1. The van der Waals surface area contributed by atoms with Crippen LogP contribution in [0.1, 0.15) is 86.0 Å². The minimum atomic E-state index is -4.18. The summed E-state index contributed by atoms with van der Waals surface area (Å²) in [7, 11) is -4.18. The fourth-order valence-electron chi connectivity index (χ4n) is 9.37. The number of aromatic nitrogens is 1. The van der Waals surface area contributed by atoms with Gasteiger partial charge in [-0.1, -0.05) is 20.8 Å². The second-order valence-corrected chi connectivity index (χ2v) is 15.6. The zero-order valence-corrected chi connectivity index (χ0v) is 25.8. The molecule has 1 aromatic heterocycles. The van der Waals surface area contributed by atoms with Crippen LogP contribution in [0.5, 0.6) is 5.75 Å². The van der Waals surface area contributed by atoms with E-state index in [4.69, 9.17) is 9.47 Å². The summed E-state index contributed by atoms with van der Waals surface area (Å²) < 4.78 is 38.2. The Morgan fingerprint density at radius 3 is 2.54 bits per heavy atom. The predicted molar refractivity (Wildman–Crippen MR) is 152 cm³/mol. The molecule has 2 N–H and O–H groups in total. The van der Waals surface area contributed by atoms with Crippen molar-refractivity contribution in [2.24, 2.45) is 46.3 Å². The number of pyridine rings is 1. The highest BCUT2D eigenvalue weighted by Crippen LogP contribution is 2.68. The highest BCUT2D eigenvalue weighted by Gasteiger charge is 2.63. The normalized spacial score (nSPS) is 37.5. The van der Waals surface area contributed by atoms with E-state index in [1.54, 1.807) is 0 Å². The van der Waals surface area contributed by atoms with Crippen LogP contribution in [0.3, 0.4) is 0 Å². The van der Waals surface area contributed by atoms with Gasteiger partial charge in [0.25, 0.3) is 10.0 Å². The van der Waals surface area contributed by atoms with Crippen molar-refractivity contribution in [1.82, 2.24) is 9.71 Å². The van der Waals surface area contributed by atoms with Crippen molar-refractivity contribution >= 4 is 21.9 Å². The molecule has 4 aliphatic carbocycles. The maximum Gasteiger partial charge on any atom is 0.421 e. The van der Waals surface area contributed by atoms with Gasteiger partial charge in [0.1, 0.15) is 11.5 Å². The maximum absolute atomic E-state index is 12.7. The van der Waals surface area contributed by atoms with E-state index in [-0.39, 0.29) is 52.4 Å². The topological polar surface area (TPSA) is 132 Å². The molecular formula is C31H46N2O7S. The van der Waals surface area contributed by atoms with Crippen LogP contribution >= 0.6 is 0 Å². The predicted octanol–water partition coefficient (Wildman–Crippen LogP) is 5.12. The van der Waals surface area contributed by atoms with Crippen molar-refractivity contribution in [2.45, 2.75) is 103 Å². The molecule has 0 saturated heterocycles. The van der Waals surface area contributed by atoms with E-state index in [0.717, 1.165) is 38.5 Å². The number of aliphatic hydroxyl groups is 1. The van der Waals surface area contributed by atoms with Gasteiger partial charge >= 0.3 is 6.09 Å². The Kier molecular flexibility index (Phi) is 8.22. The smallest absolute Gasteiger partial charge is 0.421 e. The molecule has 41 heavy (non-hydrogen) atoms. The lowest BCUT2D eigenvalue weighted by Crippen LogP contribution is -2.58. The molecule has 4 aliphatic rings. The molecular weight excluding hydrogens is 544 g/mol. The number of amides is 1. The number of ketones is 1. The molecule has 5 rings (SSSR count). The lowest BCUT2D eigenvalue weighted by atomic mass is 9.44. The van der Waals surface area contributed by atoms with Crippen LogP contribution < -0.4 is 9.46 Å². The van der Waals surface area contributed by atoms with Crippen molar-refractivity contribution in [2.75, 3.05) is 6.61 Å². The Balaban J connectivity index is 1.20. The van der Waals surface area contributed by atoms with Gasteiger partial charge in [0.05, 0.1) is 25.0 Å². The third-order valence-corrected chi connectivity index (χ3v) is 12.5. The van der Waals surface area contributed by atoms with Gasteiger partial charge in [0, 0.05) is 12.8 Å². The largest absolute Gasteiger partial charge is 0.489 e.